The molecule has 1 fully saturated rings. The van der Waals surface area contributed by atoms with E-state index in [1.165, 1.54) is 11.3 Å². The van der Waals surface area contributed by atoms with Gasteiger partial charge in [-0.2, -0.15) is 5.26 Å². The fraction of sp³-hybridized carbons (Fsp3) is 0.294. The third kappa shape index (κ3) is 3.01. The van der Waals surface area contributed by atoms with Crippen molar-refractivity contribution in [1.29, 1.82) is 5.26 Å². The molecule has 0 radical (unpaired) electrons. The molecule has 1 aromatic heterocycles. The van der Waals surface area contributed by atoms with Crippen molar-refractivity contribution in [2.45, 2.75) is 31.7 Å². The molecule has 1 amide bonds. The summed E-state index contributed by atoms with van der Waals surface area (Å²) in [5.41, 5.74) is 0.111. The Morgan fingerprint density at radius 1 is 1.36 bits per heavy atom. The lowest BCUT2D eigenvalue weighted by Gasteiger charge is -2.10. The van der Waals surface area contributed by atoms with Crippen LogP contribution in [0.25, 0.3) is 16.2 Å². The van der Waals surface area contributed by atoms with E-state index in [-0.39, 0.29) is 17.5 Å². The van der Waals surface area contributed by atoms with Gasteiger partial charge in [0.1, 0.15) is 11.6 Å². The number of nitrogens with zero attached hydrogens (tertiary/aromatic N) is 1. The average molecular weight is 331 g/mol. The zero-order valence-corrected chi connectivity index (χ0v) is 13.5. The lowest BCUT2D eigenvalue weighted by Crippen LogP contribution is -2.33. The first-order chi connectivity index (χ1) is 10.7. The minimum atomic E-state index is -0.303. The van der Waals surface area contributed by atoms with E-state index in [9.17, 15) is 10.1 Å². The largest absolute Gasteiger partial charge is 0.349 e. The standard InChI is InChI=1S/C17H15ClN2OS/c18-16-13-7-3-4-8-14(13)22-15(16)9-11(10-19)17(21)20-12-5-1-2-6-12/h3-4,7-9,12H,1-2,5-6H2,(H,20,21)/b11-9+. The van der Waals surface area contributed by atoms with Gasteiger partial charge in [-0.1, -0.05) is 42.6 Å². The SMILES string of the molecule is N#C/C(=C\c1sc2ccccc2c1Cl)C(=O)NC1CCCC1. The number of hydrogen-bond donors (Lipinski definition) is 1. The second kappa shape index (κ2) is 6.51. The molecule has 0 bridgehead atoms. The number of halogens is 1. The van der Waals surface area contributed by atoms with E-state index in [1.807, 2.05) is 30.3 Å². The van der Waals surface area contributed by atoms with Crippen LogP contribution in [-0.2, 0) is 4.79 Å². The highest BCUT2D eigenvalue weighted by atomic mass is 35.5. The molecule has 1 saturated carbocycles. The Morgan fingerprint density at radius 3 is 2.77 bits per heavy atom. The number of nitrogens with one attached hydrogen (secondary N) is 1. The van der Waals surface area contributed by atoms with Gasteiger partial charge in [-0.3, -0.25) is 4.79 Å². The number of nitriles is 1. The van der Waals surface area contributed by atoms with Crippen molar-refractivity contribution in [2.75, 3.05) is 0 Å². The summed E-state index contributed by atoms with van der Waals surface area (Å²) in [4.78, 5) is 13.0. The number of rotatable bonds is 3. The van der Waals surface area contributed by atoms with Gasteiger partial charge in [0.25, 0.3) is 5.91 Å². The molecule has 5 heteroatoms. The lowest BCUT2D eigenvalue weighted by molar-refractivity contribution is -0.117. The fourth-order valence-corrected chi connectivity index (χ4v) is 4.17. The number of carbonyl (C=O) groups is 1. The second-order valence-corrected chi connectivity index (χ2v) is 6.86. The highest BCUT2D eigenvalue weighted by Crippen LogP contribution is 2.36. The molecule has 1 aromatic carbocycles. The van der Waals surface area contributed by atoms with Crippen LogP contribution in [0.4, 0.5) is 0 Å². The Bertz CT molecular complexity index is 782. The minimum absolute atomic E-state index is 0.111. The molecule has 1 aliphatic rings. The Hall–Kier alpha value is -1.83. The first-order valence-corrected chi connectivity index (χ1v) is 8.48. The normalized spacial score (nSPS) is 15.9. The van der Waals surface area contributed by atoms with Crippen molar-refractivity contribution in [1.82, 2.24) is 5.32 Å². The summed E-state index contributed by atoms with van der Waals surface area (Å²) in [6.07, 6.45) is 5.86. The third-order valence-corrected chi connectivity index (χ3v) is 5.53. The van der Waals surface area contributed by atoms with Crippen LogP contribution in [0.5, 0.6) is 0 Å². The van der Waals surface area contributed by atoms with Crippen molar-refractivity contribution in [3.05, 3.63) is 39.7 Å². The summed E-state index contributed by atoms with van der Waals surface area (Å²) >= 11 is 7.85. The molecule has 22 heavy (non-hydrogen) atoms. The van der Waals surface area contributed by atoms with Gasteiger partial charge in [0.2, 0.25) is 0 Å². The van der Waals surface area contributed by atoms with Crippen molar-refractivity contribution >= 4 is 45.0 Å². The number of thiophene rings is 1. The number of hydrogen-bond acceptors (Lipinski definition) is 3. The maximum absolute atomic E-state index is 12.2. The quantitative estimate of drug-likeness (QED) is 0.664. The highest BCUT2D eigenvalue weighted by Gasteiger charge is 2.20. The van der Waals surface area contributed by atoms with Gasteiger partial charge in [0, 0.05) is 21.0 Å². The molecule has 1 N–H and O–H groups in total. The molecule has 0 atom stereocenters. The predicted molar refractivity (Wildman–Crippen MR) is 90.8 cm³/mol. The van der Waals surface area contributed by atoms with Crippen LogP contribution in [0.3, 0.4) is 0 Å². The van der Waals surface area contributed by atoms with E-state index >= 15 is 0 Å². The van der Waals surface area contributed by atoms with Crippen LogP contribution >= 0.6 is 22.9 Å². The first-order valence-electron chi connectivity index (χ1n) is 7.28. The average Bonchev–Trinajstić information content (AvgIpc) is 3.14. The number of benzene rings is 1. The number of amides is 1. The molecule has 0 aliphatic heterocycles. The Labute approximate surface area is 138 Å². The van der Waals surface area contributed by atoms with Crippen LogP contribution in [0.1, 0.15) is 30.6 Å². The van der Waals surface area contributed by atoms with Crippen molar-refractivity contribution in [3.8, 4) is 6.07 Å². The summed E-state index contributed by atoms with van der Waals surface area (Å²) in [5.74, 6) is -0.303. The monoisotopic (exact) mass is 330 g/mol. The maximum Gasteiger partial charge on any atom is 0.262 e. The van der Waals surface area contributed by atoms with Gasteiger partial charge in [0.05, 0.1) is 5.02 Å². The first kappa shape index (κ1) is 15.1. The van der Waals surface area contributed by atoms with Gasteiger partial charge >= 0.3 is 0 Å². The molecule has 1 heterocycles. The summed E-state index contributed by atoms with van der Waals surface area (Å²) < 4.78 is 1.05. The van der Waals surface area contributed by atoms with Crippen LogP contribution < -0.4 is 5.32 Å². The molecule has 2 aromatic rings. The molecule has 0 spiro atoms. The minimum Gasteiger partial charge on any atom is -0.349 e. The molecule has 1 aliphatic carbocycles. The molecule has 0 unspecified atom stereocenters. The van der Waals surface area contributed by atoms with Crippen molar-refractivity contribution in [2.24, 2.45) is 0 Å². The highest BCUT2D eigenvalue weighted by molar-refractivity contribution is 7.20. The van der Waals surface area contributed by atoms with E-state index in [1.54, 1.807) is 6.08 Å². The molecule has 3 rings (SSSR count). The lowest BCUT2D eigenvalue weighted by atomic mass is 10.2. The van der Waals surface area contributed by atoms with Crippen LogP contribution in [0, 0.1) is 11.3 Å². The zero-order valence-electron chi connectivity index (χ0n) is 11.9. The number of carbonyl (C=O) groups excluding carboxylic acids is 1. The van der Waals surface area contributed by atoms with Crippen LogP contribution in [0.15, 0.2) is 29.8 Å². The van der Waals surface area contributed by atoms with E-state index in [0.717, 1.165) is 40.6 Å². The van der Waals surface area contributed by atoms with Crippen LogP contribution in [-0.4, -0.2) is 11.9 Å². The van der Waals surface area contributed by atoms with Gasteiger partial charge in [-0.25, -0.2) is 0 Å². The van der Waals surface area contributed by atoms with Gasteiger partial charge in [-0.05, 0) is 25.0 Å². The fourth-order valence-electron chi connectivity index (χ4n) is 2.74. The summed E-state index contributed by atoms with van der Waals surface area (Å²) in [5, 5.41) is 13.8. The maximum atomic E-state index is 12.2. The molecular formula is C17H15ClN2OS. The molecule has 112 valence electrons. The Balaban J connectivity index is 1.88. The van der Waals surface area contributed by atoms with Gasteiger partial charge in [-0.15, -0.1) is 11.3 Å². The van der Waals surface area contributed by atoms with Crippen molar-refractivity contribution in [3.63, 3.8) is 0 Å². The van der Waals surface area contributed by atoms with E-state index in [4.69, 9.17) is 11.6 Å². The second-order valence-electron chi connectivity index (χ2n) is 5.40. The predicted octanol–water partition coefficient (Wildman–Crippen LogP) is 4.52. The van der Waals surface area contributed by atoms with E-state index in [2.05, 4.69) is 5.32 Å². The summed E-state index contributed by atoms with van der Waals surface area (Å²) in [6, 6.07) is 9.98. The zero-order chi connectivity index (χ0) is 15.5. The van der Waals surface area contributed by atoms with E-state index in [0.29, 0.717) is 5.02 Å². The molecular weight excluding hydrogens is 316 g/mol. The number of fused-ring (bicyclic) bond motifs is 1. The smallest absolute Gasteiger partial charge is 0.262 e. The summed E-state index contributed by atoms with van der Waals surface area (Å²) in [7, 11) is 0. The Kier molecular flexibility index (Phi) is 4.47. The third-order valence-electron chi connectivity index (χ3n) is 3.89. The topological polar surface area (TPSA) is 52.9 Å². The Morgan fingerprint density at radius 2 is 2.09 bits per heavy atom. The molecule has 0 saturated heterocycles. The van der Waals surface area contributed by atoms with E-state index < -0.39 is 0 Å². The van der Waals surface area contributed by atoms with Gasteiger partial charge in [0.15, 0.2) is 0 Å². The van der Waals surface area contributed by atoms with Gasteiger partial charge < -0.3 is 5.32 Å². The summed E-state index contributed by atoms with van der Waals surface area (Å²) in [6.45, 7) is 0. The molecule has 3 nitrogen and oxygen atoms in total. The van der Waals surface area contributed by atoms with Crippen LogP contribution in [0.2, 0.25) is 5.02 Å². The van der Waals surface area contributed by atoms with Crippen molar-refractivity contribution < 1.29 is 4.79 Å².